The molecule has 1 fully saturated rings. The molecule has 0 saturated carbocycles. The minimum atomic E-state index is -4.56. The van der Waals surface area contributed by atoms with Gasteiger partial charge in [0, 0.05) is 44.1 Å². The maximum Gasteiger partial charge on any atom is 0.451 e. The number of anilines is 2. The van der Waals surface area contributed by atoms with Crippen molar-refractivity contribution in [3.05, 3.63) is 22.6 Å². The lowest BCUT2D eigenvalue weighted by Crippen LogP contribution is -2.49. The Hall–Kier alpha value is -2.52. The van der Waals surface area contributed by atoms with Crippen molar-refractivity contribution in [2.45, 2.75) is 46.0 Å². The first-order valence-electron chi connectivity index (χ1n) is 11.9. The Morgan fingerprint density at radius 3 is 2.39 bits per heavy atom. The summed E-state index contributed by atoms with van der Waals surface area (Å²) in [6.07, 6.45) is -2.69. The van der Waals surface area contributed by atoms with Gasteiger partial charge >= 0.3 is 6.18 Å². The summed E-state index contributed by atoms with van der Waals surface area (Å²) in [5, 5.41) is 8.05. The molecule has 2 aliphatic heterocycles. The van der Waals surface area contributed by atoms with Crippen LogP contribution >= 0.6 is 11.3 Å². The number of halogens is 3. The van der Waals surface area contributed by atoms with E-state index in [0.29, 0.717) is 44.5 Å². The molecule has 0 aliphatic carbocycles. The first-order valence-corrected chi connectivity index (χ1v) is 14.3. The SMILES string of the molecule is CCCc1cc2c(N3CCn4c(nnc4C(F)(F)F)C3)nc(N3CCN(S(=O)(=O)CC)CC3)nc2s1. The number of piperazine rings is 1. The molecule has 2 aliphatic rings. The predicted molar refractivity (Wildman–Crippen MR) is 131 cm³/mol. The van der Waals surface area contributed by atoms with E-state index in [1.54, 1.807) is 18.3 Å². The first-order chi connectivity index (χ1) is 17.1. The summed E-state index contributed by atoms with van der Waals surface area (Å²) in [7, 11) is -3.26. The minimum absolute atomic E-state index is 0.0602. The molecule has 0 bridgehead atoms. The molecule has 0 atom stereocenters. The van der Waals surface area contributed by atoms with Gasteiger partial charge in [-0.15, -0.1) is 21.5 Å². The highest BCUT2D eigenvalue weighted by molar-refractivity contribution is 7.89. The molecule has 0 aromatic carbocycles. The van der Waals surface area contributed by atoms with Gasteiger partial charge in [0.25, 0.3) is 0 Å². The fraction of sp³-hybridized carbons (Fsp3) is 0.619. The zero-order valence-electron chi connectivity index (χ0n) is 20.0. The van der Waals surface area contributed by atoms with Gasteiger partial charge in [-0.1, -0.05) is 13.3 Å². The van der Waals surface area contributed by atoms with E-state index in [9.17, 15) is 21.6 Å². The second-order valence-electron chi connectivity index (χ2n) is 8.83. The van der Waals surface area contributed by atoms with Crippen LogP contribution in [0.3, 0.4) is 0 Å². The van der Waals surface area contributed by atoms with E-state index in [1.807, 2.05) is 9.80 Å². The summed E-state index contributed by atoms with van der Waals surface area (Å²) in [5.41, 5.74) is 0. The minimum Gasteiger partial charge on any atom is -0.347 e. The van der Waals surface area contributed by atoms with Crippen molar-refractivity contribution in [2.24, 2.45) is 0 Å². The van der Waals surface area contributed by atoms with Crippen LogP contribution in [0.4, 0.5) is 24.9 Å². The van der Waals surface area contributed by atoms with Gasteiger partial charge in [-0.2, -0.15) is 22.5 Å². The number of alkyl halides is 3. The maximum absolute atomic E-state index is 13.3. The third kappa shape index (κ3) is 4.63. The van der Waals surface area contributed by atoms with Gasteiger partial charge in [-0.3, -0.25) is 0 Å². The third-order valence-electron chi connectivity index (χ3n) is 6.49. The Bertz CT molecular complexity index is 1360. The Morgan fingerprint density at radius 1 is 1.00 bits per heavy atom. The van der Waals surface area contributed by atoms with Crippen molar-refractivity contribution in [1.29, 1.82) is 0 Å². The molecule has 5 rings (SSSR count). The van der Waals surface area contributed by atoms with E-state index in [-0.39, 0.29) is 24.7 Å². The molecule has 3 aromatic rings. The molecule has 0 unspecified atom stereocenters. The topological polar surface area (TPSA) is 100 Å². The summed E-state index contributed by atoms with van der Waals surface area (Å²) in [6, 6.07) is 2.06. The van der Waals surface area contributed by atoms with Crippen LogP contribution in [0, 0.1) is 0 Å². The van der Waals surface area contributed by atoms with Crippen LogP contribution in [0.1, 0.15) is 36.8 Å². The molecular formula is C21H27F3N8O2S2. The van der Waals surface area contributed by atoms with Crippen LogP contribution in [-0.4, -0.2) is 75.9 Å². The highest BCUT2D eigenvalue weighted by atomic mass is 32.2. The molecule has 0 radical (unpaired) electrons. The average molecular weight is 545 g/mol. The number of thiophene rings is 1. The number of hydrogen-bond acceptors (Lipinski definition) is 9. The van der Waals surface area contributed by atoms with Gasteiger partial charge in [-0.05, 0) is 19.4 Å². The molecule has 0 spiro atoms. The zero-order valence-corrected chi connectivity index (χ0v) is 21.6. The third-order valence-corrected chi connectivity index (χ3v) is 9.46. The van der Waals surface area contributed by atoms with Crippen molar-refractivity contribution in [2.75, 3.05) is 48.3 Å². The molecule has 36 heavy (non-hydrogen) atoms. The molecule has 0 N–H and O–H groups in total. The van der Waals surface area contributed by atoms with E-state index >= 15 is 0 Å². The standard InChI is InChI=1S/C21H27F3N8O2S2/c1-3-5-14-12-15-17(30-8-11-32-16(13-30)27-28-19(32)21(22,23)24)25-20(26-18(15)35-14)29-6-9-31(10-7-29)36(33,34)4-2/h12H,3-11,13H2,1-2H3. The highest BCUT2D eigenvalue weighted by Crippen LogP contribution is 2.36. The van der Waals surface area contributed by atoms with Gasteiger partial charge < -0.3 is 14.4 Å². The van der Waals surface area contributed by atoms with Crippen molar-refractivity contribution in [3.63, 3.8) is 0 Å². The van der Waals surface area contributed by atoms with Gasteiger partial charge in [0.15, 0.2) is 5.82 Å². The lowest BCUT2D eigenvalue weighted by molar-refractivity contribution is -0.147. The number of nitrogens with zero attached hydrogens (tertiary/aromatic N) is 8. The largest absolute Gasteiger partial charge is 0.451 e. The summed E-state index contributed by atoms with van der Waals surface area (Å²) >= 11 is 1.59. The summed E-state index contributed by atoms with van der Waals surface area (Å²) < 4.78 is 67.0. The lowest BCUT2D eigenvalue weighted by Gasteiger charge is -2.34. The second-order valence-corrected chi connectivity index (χ2v) is 12.2. The quantitative estimate of drug-likeness (QED) is 0.467. The Balaban J connectivity index is 1.47. The highest BCUT2D eigenvalue weighted by Gasteiger charge is 2.40. The van der Waals surface area contributed by atoms with Crippen molar-refractivity contribution >= 4 is 43.3 Å². The summed E-state index contributed by atoms with van der Waals surface area (Å²) in [5.74, 6) is 0.472. The smallest absolute Gasteiger partial charge is 0.347 e. The van der Waals surface area contributed by atoms with E-state index < -0.39 is 22.0 Å². The van der Waals surface area contributed by atoms with Crippen LogP contribution in [0.5, 0.6) is 0 Å². The van der Waals surface area contributed by atoms with Gasteiger partial charge in [0.1, 0.15) is 10.6 Å². The number of rotatable bonds is 6. The zero-order chi connectivity index (χ0) is 25.7. The lowest BCUT2D eigenvalue weighted by atomic mass is 10.2. The van der Waals surface area contributed by atoms with E-state index in [0.717, 1.165) is 27.6 Å². The fourth-order valence-electron chi connectivity index (χ4n) is 4.59. The van der Waals surface area contributed by atoms with Crippen molar-refractivity contribution < 1.29 is 21.6 Å². The van der Waals surface area contributed by atoms with Crippen LogP contribution < -0.4 is 9.80 Å². The van der Waals surface area contributed by atoms with Gasteiger partial charge in [-0.25, -0.2) is 13.4 Å². The van der Waals surface area contributed by atoms with Gasteiger partial charge in [0.2, 0.25) is 21.8 Å². The molecule has 5 heterocycles. The Kier molecular flexibility index (Phi) is 6.57. The molecule has 196 valence electrons. The van der Waals surface area contributed by atoms with Crippen LogP contribution in [0.2, 0.25) is 0 Å². The van der Waals surface area contributed by atoms with Gasteiger partial charge in [0.05, 0.1) is 17.7 Å². The predicted octanol–water partition coefficient (Wildman–Crippen LogP) is 2.75. The average Bonchev–Trinajstić information content (AvgIpc) is 3.47. The molecule has 15 heteroatoms. The number of fused-ring (bicyclic) bond motifs is 2. The van der Waals surface area contributed by atoms with Crippen LogP contribution in [0.25, 0.3) is 10.2 Å². The van der Waals surface area contributed by atoms with Crippen LogP contribution in [-0.2, 0) is 35.7 Å². The molecular weight excluding hydrogens is 517 g/mol. The normalized spacial score (nSPS) is 17.7. The monoisotopic (exact) mass is 544 g/mol. The number of aryl methyl sites for hydroxylation is 1. The summed E-state index contributed by atoms with van der Waals surface area (Å²) in [4.78, 5) is 15.5. The van der Waals surface area contributed by atoms with Crippen molar-refractivity contribution in [3.8, 4) is 0 Å². The first kappa shape index (κ1) is 25.1. The molecule has 1 saturated heterocycles. The number of aromatic nitrogens is 5. The van der Waals surface area contributed by atoms with Crippen molar-refractivity contribution in [1.82, 2.24) is 29.0 Å². The van der Waals surface area contributed by atoms with Crippen LogP contribution in [0.15, 0.2) is 6.07 Å². The molecule has 10 nitrogen and oxygen atoms in total. The van der Waals surface area contributed by atoms with E-state index in [2.05, 4.69) is 23.2 Å². The Labute approximate surface area is 210 Å². The maximum atomic E-state index is 13.3. The van der Waals surface area contributed by atoms with E-state index in [4.69, 9.17) is 9.97 Å². The van der Waals surface area contributed by atoms with E-state index in [1.165, 1.54) is 9.18 Å². The summed E-state index contributed by atoms with van der Waals surface area (Å²) in [6.45, 7) is 5.92. The second kappa shape index (κ2) is 9.41. The number of hydrogen-bond donors (Lipinski definition) is 0. The Morgan fingerprint density at radius 2 is 1.72 bits per heavy atom. The fourth-order valence-corrected chi connectivity index (χ4v) is 6.80. The molecule has 0 amide bonds. The molecule has 3 aromatic heterocycles. The number of sulfonamides is 1.